The summed E-state index contributed by atoms with van der Waals surface area (Å²) in [4.78, 5) is 53.2. The van der Waals surface area contributed by atoms with Crippen molar-refractivity contribution in [1.29, 1.82) is 0 Å². The lowest BCUT2D eigenvalue weighted by molar-refractivity contribution is -0.160. The number of unbranched alkanes of at least 4 members (excludes halogenated alkanes) is 3. The van der Waals surface area contributed by atoms with E-state index in [4.69, 9.17) is 19.3 Å². The molecule has 220 valence electrons. The molecule has 0 aromatic carbocycles. The lowest BCUT2D eigenvalue weighted by atomic mass is 9.87. The third kappa shape index (κ3) is 15.1. The third-order valence-corrected chi connectivity index (χ3v) is 6.81. The average molecular weight is 567 g/mol. The van der Waals surface area contributed by atoms with Crippen molar-refractivity contribution in [3.05, 3.63) is 12.2 Å². The molecule has 0 unspecified atom stereocenters. The molecule has 0 saturated heterocycles. The molecule has 0 amide bonds. The molecule has 0 aliphatic heterocycles. The van der Waals surface area contributed by atoms with Gasteiger partial charge in [-0.15, -0.1) is 0 Å². The molecule has 0 radical (unpaired) electrons. The Bertz CT molecular complexity index is 810. The molecule has 13 heteroatoms. The summed E-state index contributed by atoms with van der Waals surface area (Å²) >= 11 is 0. The first-order valence-corrected chi connectivity index (χ1v) is 14.6. The number of phosphoric acid groups is 1. The SMILES string of the molecule is CCCCC[C@H](O)/C=C/[C@@H]1[C@@H](CC(=O)CCCCC(=O)O[C@H](COC(C)=O)COP(=O)(O)O)[C@@H](O)C[C@H]1O. The minimum Gasteiger partial charge on any atom is -0.462 e. The Morgan fingerprint density at radius 3 is 2.34 bits per heavy atom. The van der Waals surface area contributed by atoms with Crippen LogP contribution in [-0.2, 0) is 32.9 Å². The van der Waals surface area contributed by atoms with E-state index < -0.39 is 69.2 Å². The molecular formula is C25H43O12P. The number of Topliss-reactive ketones (excluding diaryl/α,β-unsaturated/α-hetero) is 1. The summed E-state index contributed by atoms with van der Waals surface area (Å²) in [6.45, 7) is 2.11. The van der Waals surface area contributed by atoms with Crippen LogP contribution in [-0.4, -0.2) is 80.5 Å². The van der Waals surface area contributed by atoms with Crippen molar-refractivity contribution >= 4 is 25.5 Å². The van der Waals surface area contributed by atoms with Gasteiger partial charge in [0.1, 0.15) is 12.4 Å². The van der Waals surface area contributed by atoms with Crippen molar-refractivity contribution in [3.8, 4) is 0 Å². The predicted octanol–water partition coefficient (Wildman–Crippen LogP) is 1.95. The number of hydrogen-bond acceptors (Lipinski definition) is 10. The van der Waals surface area contributed by atoms with Gasteiger partial charge < -0.3 is 34.6 Å². The number of carbonyl (C=O) groups excluding carboxylic acids is 3. The Kier molecular flexibility index (Phi) is 16.1. The van der Waals surface area contributed by atoms with E-state index in [-0.39, 0.29) is 31.5 Å². The molecular weight excluding hydrogens is 523 g/mol. The van der Waals surface area contributed by atoms with Crippen LogP contribution in [0.3, 0.4) is 0 Å². The van der Waals surface area contributed by atoms with Crippen molar-refractivity contribution < 1.29 is 58.1 Å². The van der Waals surface area contributed by atoms with Crippen molar-refractivity contribution in [1.82, 2.24) is 0 Å². The molecule has 0 heterocycles. The first kappa shape index (κ1) is 34.4. The summed E-state index contributed by atoms with van der Waals surface area (Å²) in [5.41, 5.74) is 0. The molecule has 12 nitrogen and oxygen atoms in total. The van der Waals surface area contributed by atoms with E-state index in [9.17, 15) is 34.3 Å². The highest BCUT2D eigenvalue weighted by Crippen LogP contribution is 2.37. The van der Waals surface area contributed by atoms with Crippen LogP contribution < -0.4 is 0 Å². The molecule has 1 aliphatic rings. The van der Waals surface area contributed by atoms with Crippen LogP contribution in [0.25, 0.3) is 0 Å². The van der Waals surface area contributed by atoms with Crippen molar-refractivity contribution in [2.75, 3.05) is 13.2 Å². The number of esters is 2. The third-order valence-electron chi connectivity index (χ3n) is 6.32. The maximum atomic E-state index is 12.5. The fourth-order valence-corrected chi connectivity index (χ4v) is 4.69. The van der Waals surface area contributed by atoms with E-state index in [1.54, 1.807) is 12.2 Å². The first-order chi connectivity index (χ1) is 17.8. The van der Waals surface area contributed by atoms with Gasteiger partial charge in [0.2, 0.25) is 0 Å². The predicted molar refractivity (Wildman–Crippen MR) is 136 cm³/mol. The number of aliphatic hydroxyl groups excluding tert-OH is 3. The summed E-state index contributed by atoms with van der Waals surface area (Å²) in [6, 6.07) is 0. The molecule has 0 aromatic rings. The summed E-state index contributed by atoms with van der Waals surface area (Å²) < 4.78 is 25.0. The van der Waals surface area contributed by atoms with Crippen LogP contribution in [0.1, 0.15) is 78.1 Å². The normalized spacial score (nSPS) is 23.3. The molecule has 38 heavy (non-hydrogen) atoms. The van der Waals surface area contributed by atoms with Crippen molar-refractivity contribution in [2.45, 2.75) is 102 Å². The highest BCUT2D eigenvalue weighted by Gasteiger charge is 2.41. The summed E-state index contributed by atoms with van der Waals surface area (Å²) in [6.07, 6.45) is 4.38. The van der Waals surface area contributed by atoms with E-state index in [2.05, 4.69) is 11.4 Å². The number of rotatable bonds is 19. The number of ether oxygens (including phenoxy) is 2. The topological polar surface area (TPSA) is 197 Å². The fourth-order valence-electron chi connectivity index (χ4n) is 4.33. The Hall–Kier alpha value is -1.66. The number of phosphoric ester groups is 1. The Balaban J connectivity index is 2.47. The number of ketones is 1. The summed E-state index contributed by atoms with van der Waals surface area (Å²) in [7, 11) is -4.81. The highest BCUT2D eigenvalue weighted by atomic mass is 31.2. The Labute approximate surface area is 223 Å². The maximum Gasteiger partial charge on any atom is 0.469 e. The van der Waals surface area contributed by atoms with Gasteiger partial charge in [0.25, 0.3) is 0 Å². The largest absolute Gasteiger partial charge is 0.469 e. The van der Waals surface area contributed by atoms with Gasteiger partial charge >= 0.3 is 19.8 Å². The molecule has 5 N–H and O–H groups in total. The van der Waals surface area contributed by atoms with E-state index in [1.165, 1.54) is 0 Å². The zero-order valence-electron chi connectivity index (χ0n) is 22.1. The standard InChI is InChI=1S/C25H43O12P/c1-3-4-5-8-18(27)11-12-21-22(24(30)14-23(21)29)13-19(28)9-6-7-10-25(31)37-20(15-35-17(2)26)16-36-38(32,33)34/h11-12,18,20-24,27,29-30H,3-10,13-16H2,1-2H3,(H2,32,33,34)/b12-11+/t18-,20+,21+,22+,23+,24-/m0/s1. The second-order valence-corrected chi connectivity index (χ2v) is 10.9. The quantitative estimate of drug-likeness (QED) is 0.0660. The summed E-state index contributed by atoms with van der Waals surface area (Å²) in [5, 5.41) is 30.8. The van der Waals surface area contributed by atoms with E-state index in [1.807, 2.05) is 0 Å². The van der Waals surface area contributed by atoms with Crippen LogP contribution in [0, 0.1) is 11.8 Å². The molecule has 0 bridgehead atoms. The van der Waals surface area contributed by atoms with Gasteiger partial charge in [0, 0.05) is 44.4 Å². The Morgan fingerprint density at radius 2 is 1.71 bits per heavy atom. The van der Waals surface area contributed by atoms with Gasteiger partial charge in [0.15, 0.2) is 6.10 Å². The van der Waals surface area contributed by atoms with Crippen LogP contribution in [0.2, 0.25) is 0 Å². The van der Waals surface area contributed by atoms with Crippen LogP contribution in [0.15, 0.2) is 12.2 Å². The summed E-state index contributed by atoms with van der Waals surface area (Å²) in [5.74, 6) is -2.39. The highest BCUT2D eigenvalue weighted by molar-refractivity contribution is 7.46. The van der Waals surface area contributed by atoms with E-state index in [0.717, 1.165) is 26.2 Å². The minimum absolute atomic E-state index is 0.0633. The van der Waals surface area contributed by atoms with Gasteiger partial charge in [-0.3, -0.25) is 18.9 Å². The average Bonchev–Trinajstić information content (AvgIpc) is 3.08. The van der Waals surface area contributed by atoms with Crippen molar-refractivity contribution in [3.63, 3.8) is 0 Å². The molecule has 1 rings (SSSR count). The molecule has 0 aromatic heterocycles. The monoisotopic (exact) mass is 566 g/mol. The second kappa shape index (κ2) is 17.8. The molecule has 1 aliphatic carbocycles. The Morgan fingerprint density at radius 1 is 1.03 bits per heavy atom. The first-order valence-electron chi connectivity index (χ1n) is 13.1. The van der Waals surface area contributed by atoms with Crippen LogP contribution in [0.5, 0.6) is 0 Å². The zero-order chi connectivity index (χ0) is 28.7. The smallest absolute Gasteiger partial charge is 0.462 e. The minimum atomic E-state index is -4.81. The van der Waals surface area contributed by atoms with E-state index in [0.29, 0.717) is 19.3 Å². The van der Waals surface area contributed by atoms with Gasteiger partial charge in [-0.05, 0) is 19.3 Å². The van der Waals surface area contributed by atoms with E-state index >= 15 is 0 Å². The van der Waals surface area contributed by atoms with Gasteiger partial charge in [0.05, 0.1) is 24.9 Å². The molecule has 6 atom stereocenters. The zero-order valence-corrected chi connectivity index (χ0v) is 23.0. The number of aliphatic hydroxyl groups is 3. The number of carbonyl (C=O) groups is 3. The molecule has 1 fully saturated rings. The molecule has 1 saturated carbocycles. The lowest BCUT2D eigenvalue weighted by Gasteiger charge is -2.20. The van der Waals surface area contributed by atoms with Gasteiger partial charge in [-0.1, -0.05) is 38.3 Å². The second-order valence-electron chi connectivity index (χ2n) is 9.71. The molecule has 0 spiro atoms. The van der Waals surface area contributed by atoms with Gasteiger partial charge in [-0.2, -0.15) is 0 Å². The van der Waals surface area contributed by atoms with Crippen LogP contribution in [0.4, 0.5) is 0 Å². The van der Waals surface area contributed by atoms with Gasteiger partial charge in [-0.25, -0.2) is 4.57 Å². The lowest BCUT2D eigenvalue weighted by Crippen LogP contribution is -2.29. The maximum absolute atomic E-state index is 12.5. The van der Waals surface area contributed by atoms with Crippen molar-refractivity contribution in [2.24, 2.45) is 11.8 Å². The fraction of sp³-hybridized carbons (Fsp3) is 0.800. The number of hydrogen-bond donors (Lipinski definition) is 5. The van der Waals surface area contributed by atoms with Crippen LogP contribution >= 0.6 is 7.82 Å².